The van der Waals surface area contributed by atoms with Gasteiger partial charge in [0.15, 0.2) is 0 Å². The first-order chi connectivity index (χ1) is 9.99. The number of hydrazone groups is 1. The summed E-state index contributed by atoms with van der Waals surface area (Å²) in [7, 11) is 2.79. The normalized spacial score (nSPS) is 14.7. The second-order valence-corrected chi connectivity index (χ2v) is 4.42. The van der Waals surface area contributed by atoms with Crippen LogP contribution in [0.5, 0.6) is 0 Å². The Hall–Kier alpha value is -2.71. The largest absolute Gasteiger partial charge is 0.468 e. The highest BCUT2D eigenvalue weighted by atomic mass is 16.5. The molecule has 1 aromatic rings. The lowest BCUT2D eigenvalue weighted by Crippen LogP contribution is -2.34. The summed E-state index contributed by atoms with van der Waals surface area (Å²) in [5.41, 5.74) is 0.712. The van der Waals surface area contributed by atoms with Gasteiger partial charge in [0.1, 0.15) is 12.3 Å². The second-order valence-electron chi connectivity index (χ2n) is 4.42. The van der Waals surface area contributed by atoms with Crippen molar-refractivity contribution in [2.24, 2.45) is 5.10 Å². The molecule has 0 saturated carbocycles. The molecule has 1 aliphatic heterocycles. The summed E-state index contributed by atoms with van der Waals surface area (Å²) < 4.78 is 5.86. The summed E-state index contributed by atoms with van der Waals surface area (Å²) in [5, 5.41) is 11.6. The number of aromatic nitrogens is 2. The first kappa shape index (κ1) is 14.7. The van der Waals surface area contributed by atoms with Crippen molar-refractivity contribution >= 4 is 29.2 Å². The molecule has 9 heteroatoms. The van der Waals surface area contributed by atoms with E-state index in [9.17, 15) is 14.4 Å². The molecule has 1 N–H and O–H groups in total. The molecule has 2 heterocycles. The van der Waals surface area contributed by atoms with Gasteiger partial charge in [0.25, 0.3) is 5.91 Å². The first-order valence-corrected chi connectivity index (χ1v) is 6.24. The van der Waals surface area contributed by atoms with Crippen LogP contribution in [-0.4, -0.2) is 52.4 Å². The fraction of sp³-hybridized carbons (Fsp3) is 0.417. The molecular formula is C12H15N5O4. The Labute approximate surface area is 120 Å². The van der Waals surface area contributed by atoms with Crippen molar-refractivity contribution in [2.45, 2.75) is 19.4 Å². The summed E-state index contributed by atoms with van der Waals surface area (Å²) in [4.78, 5) is 34.4. The Morgan fingerprint density at radius 2 is 2.19 bits per heavy atom. The van der Waals surface area contributed by atoms with Crippen LogP contribution in [0.3, 0.4) is 0 Å². The zero-order valence-electron chi connectivity index (χ0n) is 11.7. The van der Waals surface area contributed by atoms with E-state index < -0.39 is 11.9 Å². The van der Waals surface area contributed by atoms with Crippen LogP contribution in [0.2, 0.25) is 0 Å². The van der Waals surface area contributed by atoms with Crippen LogP contribution in [0.25, 0.3) is 0 Å². The molecule has 0 aromatic carbocycles. The Morgan fingerprint density at radius 1 is 1.43 bits per heavy atom. The number of hydrogen-bond donors (Lipinski definition) is 1. The van der Waals surface area contributed by atoms with Gasteiger partial charge in [0, 0.05) is 26.1 Å². The highest BCUT2D eigenvalue weighted by Crippen LogP contribution is 2.10. The minimum atomic E-state index is -0.437. The molecule has 0 radical (unpaired) electrons. The number of anilines is 1. The van der Waals surface area contributed by atoms with Crippen LogP contribution in [0.1, 0.15) is 12.8 Å². The molecule has 2 amide bonds. The van der Waals surface area contributed by atoms with E-state index in [4.69, 9.17) is 0 Å². The molecule has 1 aromatic heterocycles. The Morgan fingerprint density at radius 3 is 2.86 bits per heavy atom. The zero-order valence-corrected chi connectivity index (χ0v) is 11.7. The third kappa shape index (κ3) is 3.65. The summed E-state index contributed by atoms with van der Waals surface area (Å²) in [5.74, 6) is -0.961. The number of carbonyl (C=O) groups is 3. The quantitative estimate of drug-likeness (QED) is 0.760. The van der Waals surface area contributed by atoms with Crippen LogP contribution < -0.4 is 5.32 Å². The van der Waals surface area contributed by atoms with Gasteiger partial charge in [-0.25, -0.2) is 5.01 Å². The van der Waals surface area contributed by atoms with Crippen molar-refractivity contribution < 1.29 is 19.1 Å². The molecule has 0 aliphatic carbocycles. The van der Waals surface area contributed by atoms with E-state index in [-0.39, 0.29) is 24.6 Å². The molecule has 1 aliphatic rings. The van der Waals surface area contributed by atoms with Gasteiger partial charge in [-0.15, -0.1) is 0 Å². The molecule has 21 heavy (non-hydrogen) atoms. The molecule has 112 valence electrons. The van der Waals surface area contributed by atoms with E-state index in [1.807, 2.05) is 0 Å². The Bertz CT molecular complexity index is 607. The van der Waals surface area contributed by atoms with Gasteiger partial charge < -0.3 is 10.1 Å². The first-order valence-electron chi connectivity index (χ1n) is 6.24. The maximum Gasteiger partial charge on any atom is 0.327 e. The SMILES string of the molecule is COC(=O)Cn1cc(NC(=O)C2=NN(C)C(=O)CC2)cn1. The minimum absolute atomic E-state index is 0.0371. The van der Waals surface area contributed by atoms with Gasteiger partial charge in [0.2, 0.25) is 5.91 Å². The molecule has 0 fully saturated rings. The number of carbonyl (C=O) groups excluding carboxylic acids is 3. The number of nitrogens with zero attached hydrogens (tertiary/aromatic N) is 4. The lowest BCUT2D eigenvalue weighted by atomic mass is 10.1. The highest BCUT2D eigenvalue weighted by Gasteiger charge is 2.22. The summed E-state index contributed by atoms with van der Waals surface area (Å²) in [6, 6.07) is 0. The number of methoxy groups -OCH3 is 1. The van der Waals surface area contributed by atoms with Gasteiger partial charge >= 0.3 is 5.97 Å². The molecule has 0 saturated heterocycles. The second kappa shape index (κ2) is 6.16. The number of hydrogen-bond acceptors (Lipinski definition) is 6. The van der Waals surface area contributed by atoms with Gasteiger partial charge in [0.05, 0.1) is 19.0 Å². The van der Waals surface area contributed by atoms with Gasteiger partial charge in [-0.05, 0) is 0 Å². The number of ether oxygens (including phenoxy) is 1. The molecule has 9 nitrogen and oxygen atoms in total. The Balaban J connectivity index is 1.99. The van der Waals surface area contributed by atoms with Crippen molar-refractivity contribution in [2.75, 3.05) is 19.5 Å². The number of amides is 2. The monoisotopic (exact) mass is 293 g/mol. The summed E-state index contributed by atoms with van der Waals surface area (Å²) in [6.45, 7) is -0.0371. The van der Waals surface area contributed by atoms with Crippen molar-refractivity contribution in [1.82, 2.24) is 14.8 Å². The average Bonchev–Trinajstić information content (AvgIpc) is 2.88. The topological polar surface area (TPSA) is 106 Å². The maximum atomic E-state index is 12.0. The van der Waals surface area contributed by atoms with E-state index in [1.54, 1.807) is 0 Å². The third-order valence-corrected chi connectivity index (χ3v) is 2.88. The van der Waals surface area contributed by atoms with Crippen LogP contribution in [0, 0.1) is 0 Å². The van der Waals surface area contributed by atoms with Crippen molar-refractivity contribution in [3.8, 4) is 0 Å². The van der Waals surface area contributed by atoms with Crippen LogP contribution in [-0.2, 0) is 25.7 Å². The fourth-order valence-corrected chi connectivity index (χ4v) is 1.75. The van der Waals surface area contributed by atoms with Crippen molar-refractivity contribution in [1.29, 1.82) is 0 Å². The summed E-state index contributed by atoms with van der Waals surface area (Å²) in [6.07, 6.45) is 3.47. The number of rotatable bonds is 4. The lowest BCUT2D eigenvalue weighted by molar-refractivity contribution is -0.141. The maximum absolute atomic E-state index is 12.0. The Kier molecular flexibility index (Phi) is 4.31. The molecule has 0 unspecified atom stereocenters. The van der Waals surface area contributed by atoms with E-state index >= 15 is 0 Å². The van der Waals surface area contributed by atoms with E-state index in [1.165, 1.54) is 31.2 Å². The molecule has 2 rings (SSSR count). The van der Waals surface area contributed by atoms with Crippen LogP contribution in [0.15, 0.2) is 17.5 Å². The summed E-state index contributed by atoms with van der Waals surface area (Å²) >= 11 is 0. The van der Waals surface area contributed by atoms with E-state index in [2.05, 4.69) is 20.3 Å². The number of nitrogens with one attached hydrogen (secondary N) is 1. The van der Waals surface area contributed by atoms with Crippen molar-refractivity contribution in [3.63, 3.8) is 0 Å². The van der Waals surface area contributed by atoms with Crippen LogP contribution >= 0.6 is 0 Å². The zero-order chi connectivity index (χ0) is 15.4. The predicted octanol–water partition coefficient (Wildman–Crippen LogP) is -0.397. The standard InChI is InChI=1S/C12H15N5O4/c1-16-10(18)4-3-9(15-16)12(20)14-8-5-13-17(6-8)7-11(19)21-2/h5-6H,3-4,7H2,1-2H3,(H,14,20). The van der Waals surface area contributed by atoms with E-state index in [0.717, 1.165) is 5.01 Å². The smallest absolute Gasteiger partial charge is 0.327 e. The molecule has 0 bridgehead atoms. The van der Waals surface area contributed by atoms with Crippen LogP contribution in [0.4, 0.5) is 5.69 Å². The predicted molar refractivity (Wildman–Crippen MR) is 72.3 cm³/mol. The van der Waals surface area contributed by atoms with Gasteiger partial charge in [-0.3, -0.25) is 19.1 Å². The fourth-order valence-electron chi connectivity index (χ4n) is 1.75. The van der Waals surface area contributed by atoms with Crippen molar-refractivity contribution in [3.05, 3.63) is 12.4 Å². The van der Waals surface area contributed by atoms with Gasteiger partial charge in [-0.2, -0.15) is 10.2 Å². The molecule has 0 atom stereocenters. The average molecular weight is 293 g/mol. The number of esters is 1. The lowest BCUT2D eigenvalue weighted by Gasteiger charge is -2.18. The third-order valence-electron chi connectivity index (χ3n) is 2.88. The minimum Gasteiger partial charge on any atom is -0.468 e. The molecular weight excluding hydrogens is 278 g/mol. The molecule has 0 spiro atoms. The van der Waals surface area contributed by atoms with Gasteiger partial charge in [-0.1, -0.05) is 0 Å². The van der Waals surface area contributed by atoms with E-state index in [0.29, 0.717) is 12.1 Å². The highest BCUT2D eigenvalue weighted by molar-refractivity contribution is 6.43.